The maximum absolute atomic E-state index is 12.3. The molecule has 1 aromatic heterocycles. The molecule has 0 aliphatic rings. The summed E-state index contributed by atoms with van der Waals surface area (Å²) in [7, 11) is 0. The summed E-state index contributed by atoms with van der Waals surface area (Å²) in [4.78, 5) is 13.5. The van der Waals surface area contributed by atoms with Crippen LogP contribution in [0.5, 0.6) is 0 Å². The fourth-order valence-corrected chi connectivity index (χ4v) is 2.82. The number of nitrogens with zero attached hydrogens (tertiary/aromatic N) is 4. The average molecular weight is 370 g/mol. The van der Waals surface area contributed by atoms with E-state index in [1.165, 1.54) is 10.4 Å². The molecule has 0 saturated carbocycles. The molecule has 1 amide bonds. The number of aryl methyl sites for hydroxylation is 1. The lowest BCUT2D eigenvalue weighted by molar-refractivity contribution is -0.122. The quantitative estimate of drug-likeness (QED) is 0.722. The van der Waals surface area contributed by atoms with Gasteiger partial charge in [0.2, 0.25) is 11.7 Å². The molecule has 1 N–H and O–H groups in total. The maximum atomic E-state index is 12.3. The second-order valence-electron chi connectivity index (χ2n) is 6.01. The molecule has 6 nitrogen and oxygen atoms in total. The Kier molecular flexibility index (Phi) is 5.63. The molecule has 0 aliphatic heterocycles. The van der Waals surface area contributed by atoms with E-state index in [-0.39, 0.29) is 18.5 Å². The second-order valence-corrected chi connectivity index (χ2v) is 6.41. The van der Waals surface area contributed by atoms with Crippen molar-refractivity contribution in [3.05, 3.63) is 64.7 Å². The van der Waals surface area contributed by atoms with Crippen LogP contribution in [0.3, 0.4) is 0 Å². The van der Waals surface area contributed by atoms with Gasteiger partial charge in [-0.2, -0.15) is 4.80 Å². The number of hydrogen-bond acceptors (Lipinski definition) is 4. The van der Waals surface area contributed by atoms with Crippen LogP contribution in [-0.2, 0) is 17.8 Å². The van der Waals surface area contributed by atoms with Gasteiger partial charge in [0, 0.05) is 5.56 Å². The highest BCUT2D eigenvalue weighted by molar-refractivity contribution is 6.33. The molecular formula is C19H20ClN5O. The topological polar surface area (TPSA) is 72.7 Å². The van der Waals surface area contributed by atoms with Gasteiger partial charge < -0.3 is 5.32 Å². The average Bonchev–Trinajstić information content (AvgIpc) is 3.10. The second kappa shape index (κ2) is 8.10. The summed E-state index contributed by atoms with van der Waals surface area (Å²) in [5.41, 5.74) is 3.01. The van der Waals surface area contributed by atoms with Crippen molar-refractivity contribution in [2.24, 2.45) is 0 Å². The van der Waals surface area contributed by atoms with Crippen molar-refractivity contribution in [3.63, 3.8) is 0 Å². The SMILES string of the molecule is CCc1ccc([C@H](C)NC(=O)Cn2nnc(-c3ccccc3Cl)n2)cc1. The van der Waals surface area contributed by atoms with Gasteiger partial charge in [-0.05, 0) is 41.8 Å². The Bertz CT molecular complexity index is 891. The summed E-state index contributed by atoms with van der Waals surface area (Å²) >= 11 is 6.14. The van der Waals surface area contributed by atoms with Gasteiger partial charge in [-0.3, -0.25) is 4.79 Å². The largest absolute Gasteiger partial charge is 0.348 e. The first-order valence-electron chi connectivity index (χ1n) is 8.47. The summed E-state index contributed by atoms with van der Waals surface area (Å²) in [6.45, 7) is 4.06. The van der Waals surface area contributed by atoms with E-state index in [1.807, 2.05) is 37.3 Å². The van der Waals surface area contributed by atoms with Gasteiger partial charge in [-0.1, -0.05) is 54.9 Å². The van der Waals surface area contributed by atoms with Crippen LogP contribution >= 0.6 is 11.6 Å². The molecular weight excluding hydrogens is 350 g/mol. The molecule has 1 heterocycles. The summed E-state index contributed by atoms with van der Waals surface area (Å²) < 4.78 is 0. The van der Waals surface area contributed by atoms with Gasteiger partial charge in [0.1, 0.15) is 6.54 Å². The third-order valence-electron chi connectivity index (χ3n) is 4.12. The number of carbonyl (C=O) groups is 1. The van der Waals surface area contributed by atoms with Crippen molar-refractivity contribution in [1.29, 1.82) is 0 Å². The lowest BCUT2D eigenvalue weighted by atomic mass is 10.1. The molecule has 134 valence electrons. The molecule has 0 unspecified atom stereocenters. The van der Waals surface area contributed by atoms with Crippen LogP contribution in [0.25, 0.3) is 11.4 Å². The number of rotatable bonds is 6. The van der Waals surface area contributed by atoms with E-state index in [0.717, 1.165) is 12.0 Å². The van der Waals surface area contributed by atoms with Gasteiger partial charge in [0.15, 0.2) is 0 Å². The van der Waals surface area contributed by atoms with Crippen molar-refractivity contribution >= 4 is 17.5 Å². The minimum atomic E-state index is -0.180. The van der Waals surface area contributed by atoms with Crippen LogP contribution in [0.1, 0.15) is 31.0 Å². The Balaban J connectivity index is 1.62. The minimum Gasteiger partial charge on any atom is -0.348 e. The molecule has 0 fully saturated rings. The Morgan fingerprint density at radius 2 is 1.92 bits per heavy atom. The van der Waals surface area contributed by atoms with Gasteiger partial charge in [0.05, 0.1) is 11.1 Å². The molecule has 0 bridgehead atoms. The van der Waals surface area contributed by atoms with E-state index >= 15 is 0 Å². The zero-order valence-corrected chi connectivity index (χ0v) is 15.4. The number of benzene rings is 2. The third-order valence-corrected chi connectivity index (χ3v) is 4.45. The maximum Gasteiger partial charge on any atom is 0.244 e. The van der Waals surface area contributed by atoms with Gasteiger partial charge >= 0.3 is 0 Å². The van der Waals surface area contributed by atoms with E-state index in [2.05, 4.69) is 39.8 Å². The molecule has 1 atom stereocenters. The highest BCUT2D eigenvalue weighted by Gasteiger charge is 2.14. The standard InChI is InChI=1S/C19H20ClN5O/c1-3-14-8-10-15(11-9-14)13(2)21-18(26)12-25-23-19(22-24-25)16-6-4-5-7-17(16)20/h4-11,13H,3,12H2,1-2H3,(H,21,26)/t13-/m0/s1. The number of tetrazole rings is 1. The summed E-state index contributed by atoms with van der Waals surface area (Å²) in [6, 6.07) is 15.4. The van der Waals surface area contributed by atoms with E-state index in [0.29, 0.717) is 16.4 Å². The van der Waals surface area contributed by atoms with Crippen LogP contribution in [0.2, 0.25) is 5.02 Å². The predicted octanol–water partition coefficient (Wildman–Crippen LogP) is 3.43. The van der Waals surface area contributed by atoms with Crippen LogP contribution in [0.15, 0.2) is 48.5 Å². The van der Waals surface area contributed by atoms with Crippen LogP contribution in [0.4, 0.5) is 0 Å². The number of aromatic nitrogens is 4. The van der Waals surface area contributed by atoms with Gasteiger partial charge in [-0.25, -0.2) is 0 Å². The first-order chi connectivity index (χ1) is 12.6. The molecule has 0 aliphatic carbocycles. The number of amides is 1. The number of carbonyl (C=O) groups excluding carboxylic acids is 1. The minimum absolute atomic E-state index is 0.00512. The Hall–Kier alpha value is -2.73. The molecule has 3 rings (SSSR count). The molecule has 0 radical (unpaired) electrons. The highest BCUT2D eigenvalue weighted by atomic mass is 35.5. The number of halogens is 1. The Morgan fingerprint density at radius 3 is 2.62 bits per heavy atom. The summed E-state index contributed by atoms with van der Waals surface area (Å²) in [5, 5.41) is 15.6. The number of nitrogens with one attached hydrogen (secondary N) is 1. The Morgan fingerprint density at radius 1 is 1.19 bits per heavy atom. The zero-order valence-electron chi connectivity index (χ0n) is 14.7. The van der Waals surface area contributed by atoms with E-state index in [1.54, 1.807) is 6.07 Å². The van der Waals surface area contributed by atoms with Crippen molar-refractivity contribution in [3.8, 4) is 11.4 Å². The van der Waals surface area contributed by atoms with Crippen LogP contribution < -0.4 is 5.32 Å². The van der Waals surface area contributed by atoms with Gasteiger partial charge in [0.25, 0.3) is 0 Å². The summed E-state index contributed by atoms with van der Waals surface area (Å²) in [5.74, 6) is 0.215. The van der Waals surface area contributed by atoms with Crippen molar-refractivity contribution in [2.45, 2.75) is 32.9 Å². The monoisotopic (exact) mass is 369 g/mol. The molecule has 3 aromatic rings. The van der Waals surface area contributed by atoms with E-state index < -0.39 is 0 Å². The van der Waals surface area contributed by atoms with Crippen molar-refractivity contribution in [2.75, 3.05) is 0 Å². The molecule has 2 aromatic carbocycles. The molecule has 0 spiro atoms. The van der Waals surface area contributed by atoms with Gasteiger partial charge in [-0.15, -0.1) is 10.2 Å². The van der Waals surface area contributed by atoms with E-state index in [9.17, 15) is 4.79 Å². The Labute approximate surface area is 157 Å². The lowest BCUT2D eigenvalue weighted by Gasteiger charge is -2.14. The van der Waals surface area contributed by atoms with Crippen molar-refractivity contribution in [1.82, 2.24) is 25.5 Å². The normalized spacial score (nSPS) is 12.0. The molecule has 26 heavy (non-hydrogen) atoms. The smallest absolute Gasteiger partial charge is 0.244 e. The highest BCUT2D eigenvalue weighted by Crippen LogP contribution is 2.23. The summed E-state index contributed by atoms with van der Waals surface area (Å²) in [6.07, 6.45) is 0.993. The van der Waals surface area contributed by atoms with Crippen LogP contribution in [-0.4, -0.2) is 26.1 Å². The lowest BCUT2D eigenvalue weighted by Crippen LogP contribution is -2.30. The molecule has 0 saturated heterocycles. The van der Waals surface area contributed by atoms with Crippen molar-refractivity contribution < 1.29 is 4.79 Å². The first kappa shape index (κ1) is 18.1. The fraction of sp³-hybridized carbons (Fsp3) is 0.263. The van der Waals surface area contributed by atoms with E-state index in [4.69, 9.17) is 11.6 Å². The zero-order chi connectivity index (χ0) is 18.5. The molecule has 7 heteroatoms. The first-order valence-corrected chi connectivity index (χ1v) is 8.85. The fourth-order valence-electron chi connectivity index (χ4n) is 2.60. The predicted molar refractivity (Wildman–Crippen MR) is 101 cm³/mol. The third kappa shape index (κ3) is 4.26. The number of hydrogen-bond donors (Lipinski definition) is 1. The van der Waals surface area contributed by atoms with Crippen LogP contribution in [0, 0.1) is 0 Å².